The second-order valence-corrected chi connectivity index (χ2v) is 5.45. The molecule has 3 nitrogen and oxygen atoms in total. The van der Waals surface area contributed by atoms with Crippen LogP contribution in [0.3, 0.4) is 0 Å². The topological polar surface area (TPSA) is 23.6 Å². The molecule has 0 unspecified atom stereocenters. The fourth-order valence-electron chi connectivity index (χ4n) is 2.16. The Labute approximate surface area is 135 Å². The van der Waals surface area contributed by atoms with E-state index in [0.29, 0.717) is 0 Å². The van der Waals surface area contributed by atoms with Gasteiger partial charge in [-0.15, -0.1) is 0 Å². The fraction of sp³-hybridized carbons (Fsp3) is 0.533. The van der Waals surface area contributed by atoms with Crippen LogP contribution < -0.4 is 0 Å². The molecule has 0 N–H and O–H groups in total. The van der Waals surface area contributed by atoms with Crippen molar-refractivity contribution in [3.63, 3.8) is 0 Å². The summed E-state index contributed by atoms with van der Waals surface area (Å²) in [6.07, 6.45) is -8.94. The maximum absolute atomic E-state index is 13.0. The molecule has 9 heteroatoms. The summed E-state index contributed by atoms with van der Waals surface area (Å²) in [6, 6.07) is 4.81. The number of hydrogen-bond acceptors (Lipinski definition) is 2. The number of likely N-dealkylation sites (N-methyl/N-ethyl adjacent to an activating group) is 1. The maximum atomic E-state index is 13.0. The summed E-state index contributed by atoms with van der Waals surface area (Å²) in [7, 11) is 1.23. The van der Waals surface area contributed by atoms with Crippen LogP contribution in [0.25, 0.3) is 0 Å². The van der Waals surface area contributed by atoms with Crippen LogP contribution in [0.4, 0.5) is 26.3 Å². The van der Waals surface area contributed by atoms with Gasteiger partial charge in [0.05, 0.1) is 12.1 Å². The zero-order valence-electron chi connectivity index (χ0n) is 13.2. The van der Waals surface area contributed by atoms with Gasteiger partial charge in [0, 0.05) is 26.6 Å². The molecule has 0 radical (unpaired) electrons. The lowest BCUT2D eigenvalue weighted by atomic mass is 10.1. The Morgan fingerprint density at radius 3 is 2.12 bits per heavy atom. The average molecular weight is 356 g/mol. The van der Waals surface area contributed by atoms with Crippen molar-refractivity contribution in [2.45, 2.75) is 25.8 Å². The van der Waals surface area contributed by atoms with Gasteiger partial charge >= 0.3 is 12.4 Å². The molecular weight excluding hydrogens is 338 g/mol. The molecule has 0 aromatic heterocycles. The Hall–Kier alpha value is -1.77. The first-order valence-electron chi connectivity index (χ1n) is 7.06. The summed E-state index contributed by atoms with van der Waals surface area (Å²) >= 11 is 0. The Bertz CT molecular complexity index is 556. The predicted octanol–water partition coefficient (Wildman–Crippen LogP) is 3.55. The normalized spacial score (nSPS) is 12.5. The van der Waals surface area contributed by atoms with Gasteiger partial charge in [-0.25, -0.2) is 0 Å². The van der Waals surface area contributed by atoms with E-state index < -0.39 is 30.4 Å². The molecular formula is C15H18F6N2O. The predicted molar refractivity (Wildman–Crippen MR) is 76.1 cm³/mol. The zero-order chi connectivity index (χ0) is 18.5. The Morgan fingerprint density at radius 1 is 1.04 bits per heavy atom. The van der Waals surface area contributed by atoms with Crippen molar-refractivity contribution in [1.29, 1.82) is 0 Å². The number of halogens is 6. The van der Waals surface area contributed by atoms with Gasteiger partial charge in [-0.3, -0.25) is 9.69 Å². The molecule has 1 aromatic carbocycles. The number of amides is 1. The van der Waals surface area contributed by atoms with Crippen LogP contribution in [-0.2, 0) is 17.5 Å². The minimum Gasteiger partial charge on any atom is -0.337 e. The monoisotopic (exact) mass is 356 g/mol. The molecule has 1 rings (SSSR count). The number of benzene rings is 1. The van der Waals surface area contributed by atoms with Crippen LogP contribution >= 0.6 is 0 Å². The highest BCUT2D eigenvalue weighted by molar-refractivity contribution is 5.73. The lowest BCUT2D eigenvalue weighted by Crippen LogP contribution is -2.39. The second-order valence-electron chi connectivity index (χ2n) is 5.45. The highest BCUT2D eigenvalue weighted by Crippen LogP contribution is 2.32. The summed E-state index contributed by atoms with van der Waals surface area (Å²) in [5, 5.41) is 0. The third-order valence-electron chi connectivity index (χ3n) is 3.33. The highest BCUT2D eigenvalue weighted by atomic mass is 19.4. The molecule has 1 amide bonds. The van der Waals surface area contributed by atoms with E-state index in [2.05, 4.69) is 0 Å². The van der Waals surface area contributed by atoms with Crippen LogP contribution in [0.15, 0.2) is 24.3 Å². The van der Waals surface area contributed by atoms with Crippen LogP contribution in [0, 0.1) is 0 Å². The smallest absolute Gasteiger partial charge is 0.337 e. The molecule has 0 atom stereocenters. The lowest BCUT2D eigenvalue weighted by Gasteiger charge is -2.26. The van der Waals surface area contributed by atoms with Crippen molar-refractivity contribution in [2.75, 3.05) is 26.7 Å². The van der Waals surface area contributed by atoms with Gasteiger partial charge in [-0.05, 0) is 18.7 Å². The van der Waals surface area contributed by atoms with Crippen molar-refractivity contribution in [3.05, 3.63) is 35.4 Å². The van der Waals surface area contributed by atoms with Crippen LogP contribution in [-0.4, -0.2) is 48.6 Å². The summed E-state index contributed by atoms with van der Waals surface area (Å²) in [5.41, 5.74) is -0.960. The number of carbonyl (C=O) groups is 1. The molecule has 0 saturated heterocycles. The molecule has 136 valence electrons. The minimum atomic E-state index is -4.56. The Kier molecular flexibility index (Phi) is 6.65. The summed E-state index contributed by atoms with van der Waals surface area (Å²) in [4.78, 5) is 13.7. The number of rotatable bonds is 6. The molecule has 0 saturated carbocycles. The van der Waals surface area contributed by atoms with Gasteiger partial charge in [0.15, 0.2) is 0 Å². The van der Waals surface area contributed by atoms with Gasteiger partial charge < -0.3 is 4.90 Å². The van der Waals surface area contributed by atoms with E-state index in [-0.39, 0.29) is 25.2 Å². The maximum Gasteiger partial charge on any atom is 0.416 e. The first-order chi connectivity index (χ1) is 10.9. The van der Waals surface area contributed by atoms with Crippen molar-refractivity contribution in [1.82, 2.24) is 9.80 Å². The van der Waals surface area contributed by atoms with Crippen molar-refractivity contribution in [2.24, 2.45) is 0 Å². The van der Waals surface area contributed by atoms with E-state index in [1.165, 1.54) is 32.2 Å². The fourth-order valence-corrected chi connectivity index (χ4v) is 2.16. The Morgan fingerprint density at radius 2 is 1.62 bits per heavy atom. The summed E-state index contributed by atoms with van der Waals surface area (Å²) < 4.78 is 75.7. The molecule has 0 spiro atoms. The van der Waals surface area contributed by atoms with Crippen LogP contribution in [0.5, 0.6) is 0 Å². The van der Waals surface area contributed by atoms with Crippen molar-refractivity contribution >= 4 is 5.91 Å². The molecule has 0 aliphatic carbocycles. The summed E-state index contributed by atoms with van der Waals surface area (Å²) in [5.74, 6) is -0.507. The van der Waals surface area contributed by atoms with Crippen molar-refractivity contribution in [3.8, 4) is 0 Å². The number of nitrogens with zero attached hydrogens (tertiary/aromatic N) is 2. The second kappa shape index (κ2) is 7.87. The largest absolute Gasteiger partial charge is 0.416 e. The van der Waals surface area contributed by atoms with Crippen LogP contribution in [0.1, 0.15) is 18.1 Å². The van der Waals surface area contributed by atoms with Gasteiger partial charge in [0.25, 0.3) is 0 Å². The third-order valence-corrected chi connectivity index (χ3v) is 3.33. The van der Waals surface area contributed by atoms with E-state index in [1.807, 2.05) is 0 Å². The molecule has 0 aliphatic rings. The van der Waals surface area contributed by atoms with E-state index in [1.54, 1.807) is 0 Å². The van der Waals surface area contributed by atoms with Gasteiger partial charge in [0.1, 0.15) is 0 Å². The molecule has 0 bridgehead atoms. The van der Waals surface area contributed by atoms with E-state index in [4.69, 9.17) is 0 Å². The van der Waals surface area contributed by atoms with E-state index in [0.717, 1.165) is 15.9 Å². The number of carbonyl (C=O) groups excluding carboxylic acids is 1. The molecule has 1 aromatic rings. The summed E-state index contributed by atoms with van der Waals surface area (Å²) in [6.45, 7) is -0.510. The SMILES string of the molecule is CC(=O)N(CCN(C)CC(F)(F)F)Cc1ccccc1C(F)(F)F. The lowest BCUT2D eigenvalue weighted by molar-refractivity contribution is -0.144. The average Bonchev–Trinajstić information content (AvgIpc) is 2.40. The molecule has 0 fully saturated rings. The first-order valence-corrected chi connectivity index (χ1v) is 7.06. The first kappa shape index (κ1) is 20.3. The van der Waals surface area contributed by atoms with Crippen molar-refractivity contribution < 1.29 is 31.1 Å². The van der Waals surface area contributed by atoms with Gasteiger partial charge in [-0.1, -0.05) is 18.2 Å². The minimum absolute atomic E-state index is 0.0984. The number of hydrogen-bond donors (Lipinski definition) is 0. The standard InChI is InChI=1S/C15H18F6N2O/c1-11(24)23(8-7-22(2)10-14(16,17)18)9-12-5-3-4-6-13(12)15(19,20)21/h3-6H,7-10H2,1-2H3. The number of alkyl halides is 6. The zero-order valence-corrected chi connectivity index (χ0v) is 13.2. The van der Waals surface area contributed by atoms with Crippen LogP contribution in [0.2, 0.25) is 0 Å². The molecule has 24 heavy (non-hydrogen) atoms. The Balaban J connectivity index is 2.80. The van der Waals surface area contributed by atoms with Gasteiger partial charge in [-0.2, -0.15) is 26.3 Å². The van der Waals surface area contributed by atoms with Gasteiger partial charge in [0.2, 0.25) is 5.91 Å². The van der Waals surface area contributed by atoms with E-state index in [9.17, 15) is 31.1 Å². The van der Waals surface area contributed by atoms with E-state index >= 15 is 0 Å². The quantitative estimate of drug-likeness (QED) is 0.728. The third kappa shape index (κ3) is 6.77. The molecule has 0 aliphatic heterocycles. The molecule has 0 heterocycles. The highest BCUT2D eigenvalue weighted by Gasteiger charge is 2.33.